The number of nitrogens with zero attached hydrogens (tertiary/aromatic N) is 2. The van der Waals surface area contributed by atoms with Crippen LogP contribution in [-0.4, -0.2) is 59.4 Å². The largest absolute Gasteiger partial charge is 0.508 e. The molecule has 0 saturated carbocycles. The summed E-state index contributed by atoms with van der Waals surface area (Å²) in [4.78, 5) is 28.5. The SMILES string of the molecule is O=C(CN1CCN(C(=O)Cc2ccc(O)cc2)CC1)Nc1ccccc1Cl. The van der Waals surface area contributed by atoms with Gasteiger partial charge >= 0.3 is 0 Å². The van der Waals surface area contributed by atoms with Gasteiger partial charge < -0.3 is 15.3 Å². The second kappa shape index (κ2) is 8.88. The number of piperazine rings is 1. The molecule has 1 fully saturated rings. The van der Waals surface area contributed by atoms with Crippen LogP contribution in [0.4, 0.5) is 5.69 Å². The Hall–Kier alpha value is -2.57. The summed E-state index contributed by atoms with van der Waals surface area (Å²) in [6, 6.07) is 13.8. The Morgan fingerprint density at radius 2 is 1.67 bits per heavy atom. The van der Waals surface area contributed by atoms with Crippen molar-refractivity contribution in [1.82, 2.24) is 9.80 Å². The van der Waals surface area contributed by atoms with Crippen molar-refractivity contribution >= 4 is 29.1 Å². The van der Waals surface area contributed by atoms with Gasteiger partial charge in [-0.2, -0.15) is 0 Å². The Bertz CT molecular complexity index is 802. The lowest BCUT2D eigenvalue weighted by Gasteiger charge is -2.34. The van der Waals surface area contributed by atoms with E-state index in [9.17, 15) is 14.7 Å². The molecule has 0 aliphatic carbocycles. The van der Waals surface area contributed by atoms with E-state index in [1.807, 2.05) is 21.9 Å². The number of phenols is 1. The van der Waals surface area contributed by atoms with Crippen LogP contribution in [0.5, 0.6) is 5.75 Å². The van der Waals surface area contributed by atoms with Crippen LogP contribution >= 0.6 is 11.6 Å². The molecular weight excluding hydrogens is 366 g/mol. The maximum atomic E-state index is 12.4. The molecule has 2 N–H and O–H groups in total. The van der Waals surface area contributed by atoms with Gasteiger partial charge in [0.15, 0.2) is 0 Å². The number of amides is 2. The van der Waals surface area contributed by atoms with Crippen LogP contribution in [0.1, 0.15) is 5.56 Å². The molecule has 1 heterocycles. The highest BCUT2D eigenvalue weighted by atomic mass is 35.5. The van der Waals surface area contributed by atoms with E-state index in [1.165, 1.54) is 0 Å². The van der Waals surface area contributed by atoms with Crippen molar-refractivity contribution in [2.75, 3.05) is 38.0 Å². The van der Waals surface area contributed by atoms with E-state index in [1.54, 1.807) is 36.4 Å². The summed E-state index contributed by atoms with van der Waals surface area (Å²) in [5.41, 5.74) is 1.48. The summed E-state index contributed by atoms with van der Waals surface area (Å²) in [5, 5.41) is 12.6. The monoisotopic (exact) mass is 387 g/mol. The van der Waals surface area contributed by atoms with E-state index >= 15 is 0 Å². The molecule has 142 valence electrons. The first-order valence-corrected chi connectivity index (χ1v) is 9.21. The normalized spacial score (nSPS) is 14.8. The number of nitrogens with one attached hydrogen (secondary N) is 1. The molecule has 6 nitrogen and oxygen atoms in total. The summed E-state index contributed by atoms with van der Waals surface area (Å²) in [7, 11) is 0. The number of hydrogen-bond donors (Lipinski definition) is 2. The number of phenolic OH excluding ortho intramolecular Hbond substituents is 1. The molecule has 3 rings (SSSR count). The van der Waals surface area contributed by atoms with Gasteiger partial charge in [0, 0.05) is 26.2 Å². The van der Waals surface area contributed by atoms with Gasteiger partial charge in [-0.25, -0.2) is 0 Å². The van der Waals surface area contributed by atoms with Gasteiger partial charge in [0.05, 0.1) is 23.7 Å². The third-order valence-electron chi connectivity index (χ3n) is 4.53. The van der Waals surface area contributed by atoms with E-state index in [-0.39, 0.29) is 24.1 Å². The molecule has 0 unspecified atom stereocenters. The minimum atomic E-state index is -0.119. The van der Waals surface area contributed by atoms with Crippen LogP contribution in [0.2, 0.25) is 5.02 Å². The van der Waals surface area contributed by atoms with Crippen molar-refractivity contribution in [1.29, 1.82) is 0 Å². The zero-order chi connectivity index (χ0) is 19.2. The van der Waals surface area contributed by atoms with Gasteiger partial charge in [-0.15, -0.1) is 0 Å². The summed E-state index contributed by atoms with van der Waals surface area (Å²) in [6.07, 6.45) is 0.313. The molecule has 1 saturated heterocycles. The highest BCUT2D eigenvalue weighted by molar-refractivity contribution is 6.33. The molecule has 27 heavy (non-hydrogen) atoms. The first-order valence-electron chi connectivity index (χ1n) is 8.83. The quantitative estimate of drug-likeness (QED) is 0.826. The number of halogens is 1. The fourth-order valence-electron chi connectivity index (χ4n) is 3.01. The lowest BCUT2D eigenvalue weighted by atomic mass is 10.1. The second-order valence-corrected chi connectivity index (χ2v) is 6.94. The topological polar surface area (TPSA) is 72.9 Å². The molecule has 1 aliphatic rings. The predicted molar refractivity (Wildman–Crippen MR) is 105 cm³/mol. The lowest BCUT2D eigenvalue weighted by molar-refractivity contribution is -0.132. The first-order chi connectivity index (χ1) is 13.0. The molecule has 0 aromatic heterocycles. The number of aromatic hydroxyl groups is 1. The Morgan fingerprint density at radius 1 is 1.00 bits per heavy atom. The molecule has 1 aliphatic heterocycles. The molecule has 0 spiro atoms. The summed E-state index contributed by atoms with van der Waals surface area (Å²) in [6.45, 7) is 2.76. The fourth-order valence-corrected chi connectivity index (χ4v) is 3.19. The van der Waals surface area contributed by atoms with Crippen LogP contribution < -0.4 is 5.32 Å². The van der Waals surface area contributed by atoms with E-state index in [0.29, 0.717) is 43.3 Å². The minimum absolute atomic E-state index is 0.0564. The number of para-hydroxylation sites is 1. The maximum absolute atomic E-state index is 12.4. The van der Waals surface area contributed by atoms with E-state index in [0.717, 1.165) is 5.56 Å². The van der Waals surface area contributed by atoms with E-state index in [2.05, 4.69) is 5.32 Å². The zero-order valence-electron chi connectivity index (χ0n) is 14.9. The average molecular weight is 388 g/mol. The average Bonchev–Trinajstić information content (AvgIpc) is 2.66. The molecule has 0 atom stereocenters. The first kappa shape index (κ1) is 19.2. The third kappa shape index (κ3) is 5.45. The van der Waals surface area contributed by atoms with Crippen molar-refractivity contribution in [3.8, 4) is 5.75 Å². The van der Waals surface area contributed by atoms with E-state index in [4.69, 9.17) is 11.6 Å². The van der Waals surface area contributed by atoms with Crippen molar-refractivity contribution in [3.05, 3.63) is 59.1 Å². The van der Waals surface area contributed by atoms with Crippen LogP contribution in [-0.2, 0) is 16.0 Å². The highest BCUT2D eigenvalue weighted by Crippen LogP contribution is 2.20. The Balaban J connectivity index is 1.44. The van der Waals surface area contributed by atoms with Crippen LogP contribution in [0, 0.1) is 0 Å². The Morgan fingerprint density at radius 3 is 2.33 bits per heavy atom. The molecule has 0 bridgehead atoms. The van der Waals surface area contributed by atoms with Gasteiger partial charge in [-0.1, -0.05) is 35.9 Å². The van der Waals surface area contributed by atoms with Crippen molar-refractivity contribution in [2.24, 2.45) is 0 Å². The Kier molecular flexibility index (Phi) is 6.32. The highest BCUT2D eigenvalue weighted by Gasteiger charge is 2.22. The van der Waals surface area contributed by atoms with Crippen molar-refractivity contribution < 1.29 is 14.7 Å². The number of hydrogen-bond acceptors (Lipinski definition) is 4. The smallest absolute Gasteiger partial charge is 0.238 e. The predicted octanol–water partition coefficient (Wildman–Crippen LogP) is 2.37. The van der Waals surface area contributed by atoms with Gasteiger partial charge in [-0.3, -0.25) is 14.5 Å². The molecule has 0 radical (unpaired) electrons. The standard InChI is InChI=1S/C20H22ClN3O3/c21-17-3-1-2-4-18(17)22-19(26)14-23-9-11-24(12-10-23)20(27)13-15-5-7-16(25)8-6-15/h1-8,25H,9-14H2,(H,22,26). The zero-order valence-corrected chi connectivity index (χ0v) is 15.7. The second-order valence-electron chi connectivity index (χ2n) is 6.53. The third-order valence-corrected chi connectivity index (χ3v) is 4.86. The summed E-state index contributed by atoms with van der Waals surface area (Å²) < 4.78 is 0. The molecule has 2 amide bonds. The molecule has 2 aromatic rings. The molecule has 2 aromatic carbocycles. The van der Waals surface area contributed by atoms with Gasteiger partial charge in [0.25, 0.3) is 0 Å². The van der Waals surface area contributed by atoms with Gasteiger partial charge in [0.1, 0.15) is 5.75 Å². The van der Waals surface area contributed by atoms with Crippen LogP contribution in [0.3, 0.4) is 0 Å². The number of rotatable bonds is 5. The minimum Gasteiger partial charge on any atom is -0.508 e. The number of benzene rings is 2. The van der Waals surface area contributed by atoms with E-state index < -0.39 is 0 Å². The van der Waals surface area contributed by atoms with Crippen molar-refractivity contribution in [3.63, 3.8) is 0 Å². The summed E-state index contributed by atoms with van der Waals surface area (Å²) in [5.74, 6) is 0.128. The van der Waals surface area contributed by atoms with Crippen LogP contribution in [0.25, 0.3) is 0 Å². The van der Waals surface area contributed by atoms with Crippen LogP contribution in [0.15, 0.2) is 48.5 Å². The lowest BCUT2D eigenvalue weighted by Crippen LogP contribution is -2.50. The van der Waals surface area contributed by atoms with Gasteiger partial charge in [0.2, 0.25) is 11.8 Å². The summed E-state index contributed by atoms with van der Waals surface area (Å²) >= 11 is 6.05. The number of carbonyl (C=O) groups is 2. The van der Waals surface area contributed by atoms with Crippen molar-refractivity contribution in [2.45, 2.75) is 6.42 Å². The van der Waals surface area contributed by atoms with Gasteiger partial charge in [-0.05, 0) is 29.8 Å². The Labute approximate surface area is 163 Å². The molecule has 7 heteroatoms. The molecular formula is C20H22ClN3O3. The number of carbonyl (C=O) groups excluding carboxylic acids is 2. The maximum Gasteiger partial charge on any atom is 0.238 e. The number of anilines is 1. The fraction of sp³-hybridized carbons (Fsp3) is 0.300.